The van der Waals surface area contributed by atoms with Crippen LogP contribution in [0.25, 0.3) is 9.40 Å². The number of rotatable bonds is 5. The highest BCUT2D eigenvalue weighted by atomic mass is 35.5. The Morgan fingerprint density at radius 1 is 1.14 bits per heavy atom. The monoisotopic (exact) mass is 355 g/mol. The van der Waals surface area contributed by atoms with Gasteiger partial charge in [-0.15, -0.1) is 22.7 Å². The topological polar surface area (TPSA) is 12.0 Å². The summed E-state index contributed by atoms with van der Waals surface area (Å²) in [7, 11) is 0. The van der Waals surface area contributed by atoms with E-state index in [1.165, 1.54) is 14.3 Å². The quantitative estimate of drug-likeness (QED) is 0.577. The maximum Gasteiger partial charge on any atom is 0.0456 e. The van der Waals surface area contributed by atoms with E-state index < -0.39 is 0 Å². The lowest BCUT2D eigenvalue weighted by atomic mass is 10.0. The molecular formula is C16H15Cl2NS2. The number of thiophene rings is 2. The van der Waals surface area contributed by atoms with Crippen molar-refractivity contribution in [1.82, 2.24) is 5.32 Å². The number of fused-ring (bicyclic) bond motifs is 1. The summed E-state index contributed by atoms with van der Waals surface area (Å²) < 4.78 is 2.71. The van der Waals surface area contributed by atoms with Crippen molar-refractivity contribution in [3.8, 4) is 0 Å². The summed E-state index contributed by atoms with van der Waals surface area (Å²) in [6.07, 6.45) is 0.848. The van der Waals surface area contributed by atoms with Crippen LogP contribution in [0.15, 0.2) is 35.7 Å². The molecule has 21 heavy (non-hydrogen) atoms. The molecule has 2 aromatic heterocycles. The highest BCUT2D eigenvalue weighted by Gasteiger charge is 2.16. The van der Waals surface area contributed by atoms with Gasteiger partial charge in [0.25, 0.3) is 0 Å². The van der Waals surface area contributed by atoms with Crippen molar-refractivity contribution >= 4 is 55.3 Å². The SMILES string of the molecule is CCNC(Cc1cc(Cl)ccc1Cl)c1cc2sccc2s1. The molecule has 0 radical (unpaired) electrons. The van der Waals surface area contributed by atoms with Crippen LogP contribution < -0.4 is 5.32 Å². The lowest BCUT2D eigenvalue weighted by molar-refractivity contribution is 0.558. The molecule has 3 rings (SSSR count). The fourth-order valence-corrected chi connectivity index (χ4v) is 4.98. The molecule has 1 nitrogen and oxygen atoms in total. The van der Waals surface area contributed by atoms with Crippen LogP contribution in [-0.4, -0.2) is 6.54 Å². The Hall–Kier alpha value is -0.580. The Morgan fingerprint density at radius 3 is 2.76 bits per heavy atom. The molecule has 1 atom stereocenters. The number of hydrogen-bond donors (Lipinski definition) is 1. The predicted molar refractivity (Wildman–Crippen MR) is 96.3 cm³/mol. The summed E-state index contributed by atoms with van der Waals surface area (Å²) >= 11 is 16.0. The number of halogens is 2. The van der Waals surface area contributed by atoms with E-state index in [0.717, 1.165) is 28.6 Å². The maximum absolute atomic E-state index is 6.30. The maximum atomic E-state index is 6.30. The van der Waals surface area contributed by atoms with Crippen LogP contribution >= 0.6 is 45.9 Å². The van der Waals surface area contributed by atoms with Crippen LogP contribution in [0.3, 0.4) is 0 Å². The molecule has 0 aliphatic rings. The van der Waals surface area contributed by atoms with E-state index in [9.17, 15) is 0 Å². The third kappa shape index (κ3) is 3.43. The molecule has 1 unspecified atom stereocenters. The predicted octanol–water partition coefficient (Wildman–Crippen LogP) is 6.16. The minimum absolute atomic E-state index is 0.274. The average molecular weight is 356 g/mol. The second-order valence-electron chi connectivity index (χ2n) is 4.85. The van der Waals surface area contributed by atoms with Crippen molar-refractivity contribution in [3.63, 3.8) is 0 Å². The highest BCUT2D eigenvalue weighted by molar-refractivity contribution is 7.26. The third-order valence-electron chi connectivity index (χ3n) is 3.38. The fourth-order valence-electron chi connectivity index (χ4n) is 2.40. The van der Waals surface area contributed by atoms with Gasteiger partial charge in [0.05, 0.1) is 0 Å². The molecule has 1 N–H and O–H groups in total. The Morgan fingerprint density at radius 2 is 2.00 bits per heavy atom. The van der Waals surface area contributed by atoms with Gasteiger partial charge in [-0.2, -0.15) is 0 Å². The van der Waals surface area contributed by atoms with Gasteiger partial charge in [0.2, 0.25) is 0 Å². The first-order valence-electron chi connectivity index (χ1n) is 6.81. The number of nitrogens with one attached hydrogen (secondary N) is 1. The van der Waals surface area contributed by atoms with Crippen molar-refractivity contribution in [2.24, 2.45) is 0 Å². The van der Waals surface area contributed by atoms with Crippen molar-refractivity contribution in [2.75, 3.05) is 6.54 Å². The first kappa shape index (κ1) is 15.3. The van der Waals surface area contributed by atoms with Gasteiger partial charge in [0.1, 0.15) is 0 Å². The first-order chi connectivity index (χ1) is 10.2. The molecule has 0 amide bonds. The van der Waals surface area contributed by atoms with Crippen LogP contribution in [0.1, 0.15) is 23.4 Å². The standard InChI is InChI=1S/C16H15Cl2NS2/c1-2-19-13(8-10-7-11(17)3-4-12(10)18)15-9-16-14(21-15)5-6-20-16/h3-7,9,13,19H,2,8H2,1H3. The third-order valence-corrected chi connectivity index (χ3v) is 6.20. The van der Waals surface area contributed by atoms with E-state index in [2.05, 4.69) is 29.8 Å². The second-order valence-corrected chi connectivity index (χ2v) is 7.75. The highest BCUT2D eigenvalue weighted by Crippen LogP contribution is 2.35. The van der Waals surface area contributed by atoms with E-state index in [-0.39, 0.29) is 6.04 Å². The van der Waals surface area contributed by atoms with E-state index in [1.54, 1.807) is 11.3 Å². The normalized spacial score (nSPS) is 12.9. The second kappa shape index (κ2) is 6.67. The summed E-state index contributed by atoms with van der Waals surface area (Å²) in [5.74, 6) is 0. The molecule has 0 aliphatic heterocycles. The van der Waals surface area contributed by atoms with Crippen molar-refractivity contribution < 1.29 is 0 Å². The molecule has 5 heteroatoms. The molecule has 2 heterocycles. The minimum atomic E-state index is 0.274. The molecule has 110 valence electrons. The molecule has 0 fully saturated rings. The zero-order valence-electron chi connectivity index (χ0n) is 11.5. The van der Waals surface area contributed by atoms with Gasteiger partial charge in [-0.3, -0.25) is 0 Å². The first-order valence-corrected chi connectivity index (χ1v) is 9.27. The number of likely N-dealkylation sites (N-methyl/N-ethyl adjacent to an activating group) is 1. The molecule has 0 saturated heterocycles. The van der Waals surface area contributed by atoms with E-state index in [4.69, 9.17) is 23.2 Å². The molecule has 0 spiro atoms. The van der Waals surface area contributed by atoms with Crippen LogP contribution in [0.4, 0.5) is 0 Å². The Balaban J connectivity index is 1.90. The van der Waals surface area contributed by atoms with Crippen LogP contribution in [0.5, 0.6) is 0 Å². The van der Waals surface area contributed by atoms with E-state index in [0.29, 0.717) is 0 Å². The van der Waals surface area contributed by atoms with Gasteiger partial charge >= 0.3 is 0 Å². The fraction of sp³-hybridized carbons (Fsp3) is 0.250. The zero-order chi connectivity index (χ0) is 14.8. The van der Waals surface area contributed by atoms with Crippen molar-refractivity contribution in [3.05, 3.63) is 56.2 Å². The Bertz CT molecular complexity index is 719. The lowest BCUT2D eigenvalue weighted by Gasteiger charge is -2.17. The summed E-state index contributed by atoms with van der Waals surface area (Å²) in [5.41, 5.74) is 1.09. The van der Waals surface area contributed by atoms with Crippen LogP contribution in [0.2, 0.25) is 10.0 Å². The van der Waals surface area contributed by atoms with Gasteiger partial charge < -0.3 is 5.32 Å². The van der Waals surface area contributed by atoms with E-state index >= 15 is 0 Å². The smallest absolute Gasteiger partial charge is 0.0456 e. The average Bonchev–Trinajstić information content (AvgIpc) is 3.03. The van der Waals surface area contributed by atoms with Crippen LogP contribution in [-0.2, 0) is 6.42 Å². The number of hydrogen-bond acceptors (Lipinski definition) is 3. The van der Waals surface area contributed by atoms with Crippen molar-refractivity contribution in [2.45, 2.75) is 19.4 Å². The number of benzene rings is 1. The lowest BCUT2D eigenvalue weighted by Crippen LogP contribution is -2.22. The molecular weight excluding hydrogens is 341 g/mol. The zero-order valence-corrected chi connectivity index (χ0v) is 14.7. The van der Waals surface area contributed by atoms with Gasteiger partial charge in [-0.1, -0.05) is 30.1 Å². The van der Waals surface area contributed by atoms with Crippen molar-refractivity contribution in [1.29, 1.82) is 0 Å². The van der Waals surface area contributed by atoms with Gasteiger partial charge in [-0.05, 0) is 54.2 Å². The summed E-state index contributed by atoms with van der Waals surface area (Å²) in [6.45, 7) is 3.05. The van der Waals surface area contributed by atoms with Gasteiger partial charge in [0, 0.05) is 30.4 Å². The summed E-state index contributed by atoms with van der Waals surface area (Å²) in [5, 5.41) is 7.21. The van der Waals surface area contributed by atoms with Crippen LogP contribution in [0, 0.1) is 0 Å². The Labute approximate surface area is 142 Å². The molecule has 0 saturated carbocycles. The molecule has 0 bridgehead atoms. The van der Waals surface area contributed by atoms with Gasteiger partial charge in [0.15, 0.2) is 0 Å². The van der Waals surface area contributed by atoms with E-state index in [1.807, 2.05) is 29.5 Å². The summed E-state index contributed by atoms with van der Waals surface area (Å²) in [4.78, 5) is 1.36. The molecule has 1 aromatic carbocycles. The minimum Gasteiger partial charge on any atom is -0.309 e. The Kier molecular flexibility index (Phi) is 4.87. The summed E-state index contributed by atoms with van der Waals surface area (Å²) in [6, 6.07) is 10.4. The van der Waals surface area contributed by atoms with Gasteiger partial charge in [-0.25, -0.2) is 0 Å². The largest absolute Gasteiger partial charge is 0.309 e. The molecule has 0 aliphatic carbocycles. The molecule has 3 aromatic rings.